The van der Waals surface area contributed by atoms with Crippen molar-refractivity contribution in [2.24, 2.45) is 29.6 Å². The SMILES string of the molecule is O=c1n(-c2ccccc2)c(=O)n2n1[C@@H]1[C@@H]3C4[C@@H]3[C@@H]2[C@H]2[C@@H]1C42c1ccccc1. The largest absolute Gasteiger partial charge is 0.352 e. The lowest BCUT2D eigenvalue weighted by molar-refractivity contribution is 0.112. The fourth-order valence-electron chi connectivity index (χ4n) is 8.00. The molecule has 3 heterocycles. The quantitative estimate of drug-likeness (QED) is 0.706. The maximum Gasteiger partial charge on any atom is 0.352 e. The normalized spacial score (nSPS) is 42.9. The van der Waals surface area contributed by atoms with Crippen molar-refractivity contribution < 1.29 is 0 Å². The Labute approximate surface area is 154 Å². The highest BCUT2D eigenvalue weighted by Crippen LogP contribution is 2.97. The van der Waals surface area contributed by atoms with E-state index in [1.165, 1.54) is 10.1 Å². The zero-order chi connectivity index (χ0) is 17.7. The van der Waals surface area contributed by atoms with Gasteiger partial charge in [0.2, 0.25) is 0 Å². The Hall–Kier alpha value is -2.82. The highest BCUT2D eigenvalue weighted by molar-refractivity contribution is 5.54. The summed E-state index contributed by atoms with van der Waals surface area (Å²) in [4.78, 5) is 26.6. The smallest absolute Gasteiger partial charge is 0.245 e. The van der Waals surface area contributed by atoms with Crippen molar-refractivity contribution >= 4 is 0 Å². The maximum absolute atomic E-state index is 13.3. The molecular formula is C22H17N3O2. The second kappa shape index (κ2) is 3.75. The molecule has 0 N–H and O–H groups in total. The molecule has 3 aromatic rings. The predicted octanol–water partition coefficient (Wildman–Crippen LogP) is 1.97. The third kappa shape index (κ3) is 1.10. The summed E-state index contributed by atoms with van der Waals surface area (Å²) in [6, 6.07) is 20.6. The molecule has 8 atom stereocenters. The number of hydrogen-bond acceptors (Lipinski definition) is 2. The second-order valence-electron chi connectivity index (χ2n) is 8.94. The van der Waals surface area contributed by atoms with Gasteiger partial charge in [0.25, 0.3) is 0 Å². The first kappa shape index (κ1) is 13.4. The predicted molar refractivity (Wildman–Crippen MR) is 97.9 cm³/mol. The van der Waals surface area contributed by atoms with Gasteiger partial charge >= 0.3 is 11.4 Å². The molecular weight excluding hydrogens is 338 g/mol. The van der Waals surface area contributed by atoms with Gasteiger partial charge in [0, 0.05) is 5.41 Å². The van der Waals surface area contributed by atoms with Crippen LogP contribution in [-0.2, 0) is 5.41 Å². The second-order valence-corrected chi connectivity index (χ2v) is 8.94. The van der Waals surface area contributed by atoms with Gasteiger partial charge in [0.05, 0.1) is 17.8 Å². The molecule has 4 saturated carbocycles. The van der Waals surface area contributed by atoms with E-state index in [2.05, 4.69) is 30.3 Å². The standard InChI is InChI=1S/C22H17N3O2/c26-20-23(12-9-5-2-6-10-12)21(27)25-19-14-13-15(14)22(11-7-3-1-4-8-11)16(17(19)22)18(13)24(20)25/h1-10,13-19H/t13-,14+,15?,16-,17+,18-,19-,22?/m1/s1. The first-order valence-corrected chi connectivity index (χ1v) is 9.85. The number of aromatic nitrogens is 3. The van der Waals surface area contributed by atoms with Crippen molar-refractivity contribution in [3.05, 3.63) is 87.2 Å². The molecule has 1 aromatic heterocycles. The first-order chi connectivity index (χ1) is 13.3. The van der Waals surface area contributed by atoms with E-state index in [0.29, 0.717) is 35.3 Å². The maximum atomic E-state index is 13.3. The van der Waals surface area contributed by atoms with Gasteiger partial charge in [0.15, 0.2) is 0 Å². The molecule has 4 fully saturated rings. The molecule has 9 rings (SSSR count). The van der Waals surface area contributed by atoms with Gasteiger partial charge in [-0.15, -0.1) is 0 Å². The molecule has 2 unspecified atom stereocenters. The molecule has 2 aromatic carbocycles. The van der Waals surface area contributed by atoms with Crippen LogP contribution in [0.3, 0.4) is 0 Å². The van der Waals surface area contributed by atoms with Gasteiger partial charge in [-0.05, 0) is 47.3 Å². The average molecular weight is 355 g/mol. The molecule has 5 nitrogen and oxygen atoms in total. The van der Waals surface area contributed by atoms with E-state index >= 15 is 0 Å². The minimum Gasteiger partial charge on any atom is -0.245 e. The van der Waals surface area contributed by atoms with Crippen molar-refractivity contribution in [3.63, 3.8) is 0 Å². The monoisotopic (exact) mass is 355 g/mol. The Balaban J connectivity index is 1.38. The van der Waals surface area contributed by atoms with Crippen LogP contribution in [0.25, 0.3) is 5.69 Å². The van der Waals surface area contributed by atoms with Crippen molar-refractivity contribution in [2.75, 3.05) is 0 Å². The van der Waals surface area contributed by atoms with Crippen molar-refractivity contribution in [3.8, 4) is 5.69 Å². The molecule has 2 aliphatic heterocycles. The Bertz CT molecular complexity index is 1210. The average Bonchev–Trinajstić information content (AvgIpc) is 3.53. The van der Waals surface area contributed by atoms with E-state index in [0.717, 1.165) is 0 Å². The van der Waals surface area contributed by atoms with Gasteiger partial charge in [-0.2, -0.15) is 0 Å². The third-order valence-electron chi connectivity index (χ3n) is 8.45. The van der Waals surface area contributed by atoms with E-state index < -0.39 is 0 Å². The van der Waals surface area contributed by atoms with Crippen LogP contribution >= 0.6 is 0 Å². The summed E-state index contributed by atoms with van der Waals surface area (Å²) < 4.78 is 5.07. The summed E-state index contributed by atoms with van der Waals surface area (Å²) in [7, 11) is 0. The molecule has 0 amide bonds. The Kier molecular flexibility index (Phi) is 1.85. The minimum atomic E-state index is -0.153. The molecule has 0 saturated heterocycles. The molecule has 27 heavy (non-hydrogen) atoms. The Morgan fingerprint density at radius 3 is 1.74 bits per heavy atom. The van der Waals surface area contributed by atoms with Crippen molar-refractivity contribution in [1.82, 2.24) is 13.9 Å². The van der Waals surface area contributed by atoms with Crippen molar-refractivity contribution in [1.29, 1.82) is 0 Å². The highest BCUT2D eigenvalue weighted by atomic mass is 16.2. The van der Waals surface area contributed by atoms with E-state index in [9.17, 15) is 9.59 Å². The molecule has 0 radical (unpaired) electrons. The molecule has 6 aliphatic rings. The first-order valence-electron chi connectivity index (χ1n) is 9.85. The van der Waals surface area contributed by atoms with Crippen LogP contribution < -0.4 is 11.4 Å². The lowest BCUT2D eigenvalue weighted by Gasteiger charge is -2.36. The van der Waals surface area contributed by atoms with E-state index in [4.69, 9.17) is 0 Å². The Morgan fingerprint density at radius 2 is 1.19 bits per heavy atom. The van der Waals surface area contributed by atoms with Crippen LogP contribution in [-0.4, -0.2) is 13.9 Å². The molecule has 132 valence electrons. The summed E-state index contributed by atoms with van der Waals surface area (Å²) in [6.07, 6.45) is 0. The highest BCUT2D eigenvalue weighted by Gasteiger charge is 2.97. The molecule has 4 aliphatic carbocycles. The van der Waals surface area contributed by atoms with Crippen LogP contribution in [0, 0.1) is 29.6 Å². The van der Waals surface area contributed by atoms with Crippen LogP contribution in [0.1, 0.15) is 17.6 Å². The topological polar surface area (TPSA) is 48.9 Å². The molecule has 0 spiro atoms. The fraction of sp³-hybridized carbons (Fsp3) is 0.364. The summed E-state index contributed by atoms with van der Waals surface area (Å²) in [5.41, 5.74) is 2.03. The summed E-state index contributed by atoms with van der Waals surface area (Å²) in [6.45, 7) is 0. The zero-order valence-corrected chi connectivity index (χ0v) is 14.5. The van der Waals surface area contributed by atoms with Crippen LogP contribution in [0.15, 0.2) is 70.3 Å². The lowest BCUT2D eigenvalue weighted by atomic mass is 9.89. The lowest BCUT2D eigenvalue weighted by Crippen LogP contribution is -2.45. The van der Waals surface area contributed by atoms with Crippen LogP contribution in [0.2, 0.25) is 0 Å². The van der Waals surface area contributed by atoms with E-state index in [-0.39, 0.29) is 28.9 Å². The third-order valence-corrected chi connectivity index (χ3v) is 8.45. The Morgan fingerprint density at radius 1 is 0.667 bits per heavy atom. The van der Waals surface area contributed by atoms with Gasteiger partial charge < -0.3 is 0 Å². The number of benzene rings is 2. The zero-order valence-electron chi connectivity index (χ0n) is 14.5. The number of hydrogen-bond donors (Lipinski definition) is 0. The van der Waals surface area contributed by atoms with Gasteiger partial charge in [-0.3, -0.25) is 0 Å². The van der Waals surface area contributed by atoms with E-state index in [1.54, 1.807) is 0 Å². The van der Waals surface area contributed by atoms with Crippen LogP contribution in [0.4, 0.5) is 0 Å². The number of para-hydroxylation sites is 1. The molecule has 2 bridgehead atoms. The van der Waals surface area contributed by atoms with Crippen LogP contribution in [0.5, 0.6) is 0 Å². The van der Waals surface area contributed by atoms with Crippen molar-refractivity contribution in [2.45, 2.75) is 17.5 Å². The van der Waals surface area contributed by atoms with Gasteiger partial charge in [-0.1, -0.05) is 48.5 Å². The minimum absolute atomic E-state index is 0.153. The fourth-order valence-corrected chi connectivity index (χ4v) is 8.00. The summed E-state index contributed by atoms with van der Waals surface area (Å²) in [5, 5.41) is 0. The molecule has 5 heteroatoms. The summed E-state index contributed by atoms with van der Waals surface area (Å²) in [5.74, 6) is 2.92. The van der Waals surface area contributed by atoms with E-state index in [1.807, 2.05) is 39.7 Å². The summed E-state index contributed by atoms with van der Waals surface area (Å²) >= 11 is 0. The van der Waals surface area contributed by atoms with Gasteiger partial charge in [-0.25, -0.2) is 23.5 Å². The number of rotatable bonds is 2. The van der Waals surface area contributed by atoms with Gasteiger partial charge in [0.1, 0.15) is 0 Å². The number of nitrogens with zero attached hydrogens (tertiary/aromatic N) is 3.